The summed E-state index contributed by atoms with van der Waals surface area (Å²) in [5.41, 5.74) is 0.317. The molecular formula is C13H15N5O3. The molecule has 0 aromatic carbocycles. The molecule has 0 aliphatic rings. The molecule has 8 heteroatoms. The van der Waals surface area contributed by atoms with Crippen molar-refractivity contribution in [1.29, 1.82) is 0 Å². The van der Waals surface area contributed by atoms with Gasteiger partial charge in [0.05, 0.1) is 25.6 Å². The first-order valence-corrected chi connectivity index (χ1v) is 6.44. The molecule has 1 N–H and O–H groups in total. The van der Waals surface area contributed by atoms with Gasteiger partial charge in [-0.3, -0.25) is 14.5 Å². The van der Waals surface area contributed by atoms with E-state index in [4.69, 9.17) is 4.74 Å². The SMILES string of the molecule is CCOC(=O)CCN(C(=O)c1cnc[nH]1)c1ccncn1. The number of H-pyrrole nitrogens is 1. The van der Waals surface area contributed by atoms with Crippen molar-refractivity contribution in [2.75, 3.05) is 18.1 Å². The average Bonchev–Trinajstić information content (AvgIpc) is 3.03. The number of amides is 1. The van der Waals surface area contributed by atoms with Gasteiger partial charge in [-0.2, -0.15) is 0 Å². The highest BCUT2D eigenvalue weighted by Gasteiger charge is 2.21. The fourth-order valence-corrected chi connectivity index (χ4v) is 1.72. The molecule has 2 aromatic rings. The molecule has 8 nitrogen and oxygen atoms in total. The van der Waals surface area contributed by atoms with Crippen LogP contribution in [0.15, 0.2) is 31.1 Å². The Morgan fingerprint density at radius 1 is 1.38 bits per heavy atom. The quantitative estimate of drug-likeness (QED) is 0.789. The monoisotopic (exact) mass is 289 g/mol. The van der Waals surface area contributed by atoms with E-state index in [1.54, 1.807) is 13.0 Å². The highest BCUT2D eigenvalue weighted by molar-refractivity contribution is 6.04. The van der Waals surface area contributed by atoms with Crippen LogP contribution in [0.1, 0.15) is 23.8 Å². The van der Waals surface area contributed by atoms with Gasteiger partial charge in [-0.25, -0.2) is 15.0 Å². The van der Waals surface area contributed by atoms with Gasteiger partial charge in [0.2, 0.25) is 0 Å². The van der Waals surface area contributed by atoms with Crippen molar-refractivity contribution < 1.29 is 14.3 Å². The highest BCUT2D eigenvalue weighted by atomic mass is 16.5. The molecule has 0 spiro atoms. The van der Waals surface area contributed by atoms with E-state index in [2.05, 4.69) is 19.9 Å². The van der Waals surface area contributed by atoms with Crippen LogP contribution in [0.2, 0.25) is 0 Å². The van der Waals surface area contributed by atoms with Crippen LogP contribution in [0.4, 0.5) is 5.82 Å². The zero-order valence-electron chi connectivity index (χ0n) is 11.5. The molecule has 0 aliphatic heterocycles. The summed E-state index contributed by atoms with van der Waals surface area (Å²) < 4.78 is 4.87. The van der Waals surface area contributed by atoms with E-state index >= 15 is 0 Å². The number of aromatic nitrogens is 4. The molecule has 0 fully saturated rings. The van der Waals surface area contributed by atoms with Gasteiger partial charge in [0.15, 0.2) is 0 Å². The maximum Gasteiger partial charge on any atom is 0.307 e. The van der Waals surface area contributed by atoms with Gasteiger partial charge in [-0.15, -0.1) is 0 Å². The summed E-state index contributed by atoms with van der Waals surface area (Å²) in [5, 5.41) is 0. The van der Waals surface area contributed by atoms with Gasteiger partial charge < -0.3 is 9.72 Å². The standard InChI is InChI=1S/C13H15N5O3/c1-2-21-12(19)4-6-18(11-3-5-14-8-17-11)13(20)10-7-15-9-16-10/h3,5,7-9H,2,4,6H2,1H3,(H,15,16). The number of rotatable bonds is 6. The van der Waals surface area contributed by atoms with Crippen molar-refractivity contribution in [1.82, 2.24) is 19.9 Å². The Morgan fingerprint density at radius 3 is 2.86 bits per heavy atom. The lowest BCUT2D eigenvalue weighted by Gasteiger charge is -2.20. The molecule has 2 rings (SSSR count). The predicted molar refractivity (Wildman–Crippen MR) is 73.5 cm³/mol. The van der Waals surface area contributed by atoms with E-state index in [-0.39, 0.29) is 24.8 Å². The molecule has 2 aromatic heterocycles. The predicted octanol–water partition coefficient (Wildman–Crippen LogP) is 0.800. The average molecular weight is 289 g/mol. The smallest absolute Gasteiger partial charge is 0.307 e. The Hall–Kier alpha value is -2.77. The van der Waals surface area contributed by atoms with E-state index in [1.807, 2.05) is 0 Å². The molecule has 1 amide bonds. The fourth-order valence-electron chi connectivity index (χ4n) is 1.72. The molecule has 2 heterocycles. The number of anilines is 1. The number of carbonyl (C=O) groups is 2. The minimum atomic E-state index is -0.367. The molecule has 0 saturated carbocycles. The Labute approximate surface area is 121 Å². The number of nitrogens with one attached hydrogen (secondary N) is 1. The summed E-state index contributed by atoms with van der Waals surface area (Å²) in [6.45, 7) is 2.20. The number of aromatic amines is 1. The van der Waals surface area contributed by atoms with Crippen LogP contribution in [-0.2, 0) is 9.53 Å². The molecule has 0 radical (unpaired) electrons. The van der Waals surface area contributed by atoms with Crippen LogP contribution in [0.25, 0.3) is 0 Å². The molecule has 21 heavy (non-hydrogen) atoms. The Bertz CT molecular complexity index is 585. The van der Waals surface area contributed by atoms with Gasteiger partial charge in [-0.05, 0) is 13.0 Å². The summed E-state index contributed by atoms with van der Waals surface area (Å²) >= 11 is 0. The second-order valence-electron chi connectivity index (χ2n) is 4.04. The summed E-state index contributed by atoms with van der Waals surface area (Å²) in [6.07, 6.45) is 5.78. The maximum absolute atomic E-state index is 12.4. The van der Waals surface area contributed by atoms with E-state index < -0.39 is 0 Å². The van der Waals surface area contributed by atoms with Crippen molar-refractivity contribution >= 4 is 17.7 Å². The van der Waals surface area contributed by atoms with Crippen molar-refractivity contribution in [2.24, 2.45) is 0 Å². The zero-order chi connectivity index (χ0) is 15.1. The van der Waals surface area contributed by atoms with Crippen LogP contribution in [-0.4, -0.2) is 45.0 Å². The van der Waals surface area contributed by atoms with Crippen molar-refractivity contribution in [3.63, 3.8) is 0 Å². The van der Waals surface area contributed by atoms with Crippen LogP contribution in [0.3, 0.4) is 0 Å². The van der Waals surface area contributed by atoms with Crippen LogP contribution in [0.5, 0.6) is 0 Å². The van der Waals surface area contributed by atoms with Crippen LogP contribution in [0, 0.1) is 0 Å². The van der Waals surface area contributed by atoms with Gasteiger partial charge in [0.25, 0.3) is 5.91 Å². The normalized spacial score (nSPS) is 10.1. The number of ether oxygens (including phenoxy) is 1. The topological polar surface area (TPSA) is 101 Å². The van der Waals surface area contributed by atoms with Crippen molar-refractivity contribution in [3.8, 4) is 0 Å². The van der Waals surface area contributed by atoms with Gasteiger partial charge in [-0.1, -0.05) is 0 Å². The first-order chi connectivity index (χ1) is 10.2. The highest BCUT2D eigenvalue weighted by Crippen LogP contribution is 2.13. The molecular weight excluding hydrogens is 274 g/mol. The van der Waals surface area contributed by atoms with E-state index in [0.717, 1.165) is 0 Å². The van der Waals surface area contributed by atoms with Crippen molar-refractivity contribution in [3.05, 3.63) is 36.8 Å². The summed E-state index contributed by atoms with van der Waals surface area (Å²) in [5.74, 6) is -0.279. The third kappa shape index (κ3) is 3.85. The molecule has 0 unspecified atom stereocenters. The van der Waals surface area contributed by atoms with E-state index in [1.165, 1.54) is 29.9 Å². The zero-order valence-corrected chi connectivity index (χ0v) is 11.5. The minimum absolute atomic E-state index is 0.0811. The van der Waals surface area contributed by atoms with Crippen molar-refractivity contribution in [2.45, 2.75) is 13.3 Å². The van der Waals surface area contributed by atoms with E-state index in [0.29, 0.717) is 18.1 Å². The molecule has 0 bridgehead atoms. The summed E-state index contributed by atoms with van der Waals surface area (Å²) in [4.78, 5) is 39.7. The van der Waals surface area contributed by atoms with Crippen LogP contribution < -0.4 is 4.90 Å². The summed E-state index contributed by atoms with van der Waals surface area (Å²) in [7, 11) is 0. The second kappa shape index (κ2) is 7.13. The number of carbonyl (C=O) groups excluding carboxylic acids is 2. The lowest BCUT2D eigenvalue weighted by Crippen LogP contribution is -2.34. The Balaban J connectivity index is 2.15. The minimum Gasteiger partial charge on any atom is -0.466 e. The fraction of sp³-hybridized carbons (Fsp3) is 0.308. The number of imidazole rings is 1. The van der Waals surface area contributed by atoms with Crippen LogP contribution >= 0.6 is 0 Å². The Morgan fingerprint density at radius 2 is 2.24 bits per heavy atom. The number of hydrogen-bond acceptors (Lipinski definition) is 6. The summed E-state index contributed by atoms with van der Waals surface area (Å²) in [6, 6.07) is 1.60. The second-order valence-corrected chi connectivity index (χ2v) is 4.04. The van der Waals surface area contributed by atoms with Gasteiger partial charge >= 0.3 is 5.97 Å². The molecule has 0 saturated heterocycles. The number of hydrogen-bond donors (Lipinski definition) is 1. The molecule has 110 valence electrons. The lowest BCUT2D eigenvalue weighted by molar-refractivity contribution is -0.142. The molecule has 0 atom stereocenters. The Kier molecular flexibility index (Phi) is 4.97. The number of esters is 1. The lowest BCUT2D eigenvalue weighted by atomic mass is 10.3. The molecule has 0 aliphatic carbocycles. The maximum atomic E-state index is 12.4. The first kappa shape index (κ1) is 14.6. The third-order valence-corrected chi connectivity index (χ3v) is 2.66. The third-order valence-electron chi connectivity index (χ3n) is 2.66. The van der Waals surface area contributed by atoms with E-state index in [9.17, 15) is 9.59 Å². The van der Waals surface area contributed by atoms with Gasteiger partial charge in [0.1, 0.15) is 17.8 Å². The number of nitrogens with zero attached hydrogens (tertiary/aromatic N) is 4. The first-order valence-electron chi connectivity index (χ1n) is 6.44. The van der Waals surface area contributed by atoms with Gasteiger partial charge in [0, 0.05) is 12.7 Å². The largest absolute Gasteiger partial charge is 0.466 e.